The zero-order chi connectivity index (χ0) is 18.7. The van der Waals surface area contributed by atoms with Crippen molar-refractivity contribution in [2.45, 2.75) is 24.6 Å². The highest BCUT2D eigenvalue weighted by molar-refractivity contribution is 7.82. The first kappa shape index (κ1) is 18.4. The molecule has 0 bridgehead atoms. The Balaban J connectivity index is 1.95. The number of carbonyl (C=O) groups is 1. The minimum atomic E-state index is -0.107. The summed E-state index contributed by atoms with van der Waals surface area (Å²) in [6.07, 6.45) is 0.333. The van der Waals surface area contributed by atoms with E-state index in [2.05, 4.69) is 42.5 Å². The lowest BCUT2D eigenvalue weighted by molar-refractivity contribution is 0.0983. The van der Waals surface area contributed by atoms with E-state index in [-0.39, 0.29) is 11.8 Å². The van der Waals surface area contributed by atoms with E-state index in [4.69, 9.17) is 5.26 Å². The molecule has 26 heavy (non-hydrogen) atoms. The number of nitriles is 1. The Kier molecular flexibility index (Phi) is 5.55. The van der Waals surface area contributed by atoms with Crippen LogP contribution in [0, 0.1) is 17.2 Å². The van der Waals surface area contributed by atoms with E-state index in [1.807, 2.05) is 24.3 Å². The minimum Gasteiger partial charge on any atom is -0.292 e. The van der Waals surface area contributed by atoms with Crippen molar-refractivity contribution in [2.75, 3.05) is 11.4 Å². The highest BCUT2D eigenvalue weighted by Crippen LogP contribution is 2.26. The van der Waals surface area contributed by atoms with Gasteiger partial charge in [0.25, 0.3) is 5.91 Å². The fourth-order valence-electron chi connectivity index (χ4n) is 2.60. The maximum Gasteiger partial charge on any atom is 0.259 e. The third kappa shape index (κ3) is 4.03. The van der Waals surface area contributed by atoms with Gasteiger partial charge in [0.1, 0.15) is 20.5 Å². The predicted octanol–water partition coefficient (Wildman–Crippen LogP) is 4.35. The molecule has 1 amide bonds. The van der Waals surface area contributed by atoms with Gasteiger partial charge in [-0.25, -0.2) is 9.97 Å². The number of benzene rings is 1. The second-order valence-electron chi connectivity index (χ2n) is 6.33. The monoisotopic (exact) mass is 382 g/mol. The molecule has 2 heterocycles. The number of hydrogen-bond acceptors (Lipinski definition) is 6. The van der Waals surface area contributed by atoms with Crippen molar-refractivity contribution >= 4 is 46.0 Å². The van der Waals surface area contributed by atoms with Crippen molar-refractivity contribution in [3.63, 3.8) is 0 Å². The van der Waals surface area contributed by atoms with Gasteiger partial charge in [0, 0.05) is 12.1 Å². The summed E-state index contributed by atoms with van der Waals surface area (Å²) < 4.78 is 0.652. The van der Waals surface area contributed by atoms with Gasteiger partial charge in [-0.15, -0.1) is 12.6 Å². The van der Waals surface area contributed by atoms with Crippen LogP contribution in [-0.2, 0) is 6.42 Å². The fraction of sp³-hybridized carbons (Fsp3) is 0.263. The molecular weight excluding hydrogens is 364 g/mol. The highest BCUT2D eigenvalue weighted by atomic mass is 32.2. The van der Waals surface area contributed by atoms with Gasteiger partial charge in [0.2, 0.25) is 0 Å². The minimum absolute atomic E-state index is 0.107. The van der Waals surface area contributed by atoms with Crippen LogP contribution in [0.2, 0.25) is 0 Å². The summed E-state index contributed by atoms with van der Waals surface area (Å²) in [6, 6.07) is 13.0. The van der Waals surface area contributed by atoms with Crippen molar-refractivity contribution in [1.29, 1.82) is 5.26 Å². The molecule has 0 atom stereocenters. The molecule has 0 aliphatic heterocycles. The molecule has 7 heteroatoms. The van der Waals surface area contributed by atoms with Crippen molar-refractivity contribution in [2.24, 2.45) is 5.92 Å². The quantitative estimate of drug-likeness (QED) is 0.666. The number of nitrogens with zero attached hydrogens (tertiary/aromatic N) is 4. The van der Waals surface area contributed by atoms with Crippen molar-refractivity contribution in [1.82, 2.24) is 9.97 Å². The summed E-state index contributed by atoms with van der Waals surface area (Å²) in [5.41, 5.74) is 2.25. The predicted molar refractivity (Wildman–Crippen MR) is 107 cm³/mol. The zero-order valence-electron chi connectivity index (χ0n) is 14.5. The molecule has 0 unspecified atom stereocenters. The first-order valence-corrected chi connectivity index (χ1v) is 9.48. The fourth-order valence-corrected chi connectivity index (χ4v) is 3.65. The van der Waals surface area contributed by atoms with Crippen LogP contribution in [0.1, 0.15) is 29.8 Å². The number of anilines is 1. The lowest BCUT2D eigenvalue weighted by atomic mass is 10.1. The molecule has 2 aromatic heterocycles. The Morgan fingerprint density at radius 2 is 1.96 bits per heavy atom. The van der Waals surface area contributed by atoms with Crippen molar-refractivity contribution in [3.8, 4) is 6.07 Å². The molecule has 0 fully saturated rings. The number of thiol groups is 1. The summed E-state index contributed by atoms with van der Waals surface area (Å²) in [6.45, 7) is 4.69. The SMILES string of the molecule is CC(C)CN(C(=O)c1ccc(CC#N)cc1)c1ccc2nc(S)sc2n1. The average molecular weight is 383 g/mol. The molecule has 5 nitrogen and oxygen atoms in total. The summed E-state index contributed by atoms with van der Waals surface area (Å²) >= 11 is 5.66. The number of thiazole rings is 1. The molecule has 0 N–H and O–H groups in total. The summed E-state index contributed by atoms with van der Waals surface area (Å²) in [5, 5.41) is 8.78. The van der Waals surface area contributed by atoms with Gasteiger partial charge in [0.05, 0.1) is 12.5 Å². The lowest BCUT2D eigenvalue weighted by Crippen LogP contribution is -2.34. The Morgan fingerprint density at radius 1 is 1.23 bits per heavy atom. The van der Waals surface area contributed by atoms with Crippen LogP contribution in [0.15, 0.2) is 40.7 Å². The summed E-state index contributed by atoms with van der Waals surface area (Å²) in [4.78, 5) is 24.5. The van der Waals surface area contributed by atoms with Gasteiger partial charge < -0.3 is 0 Å². The standard InChI is InChI=1S/C19H18N4OS2/c1-12(2)11-23(16-8-7-15-17(22-16)26-19(25)21-15)18(24)14-5-3-13(4-6-14)9-10-20/h3-8,12H,9,11H2,1-2H3,(H,21,25). The van der Waals surface area contributed by atoms with E-state index >= 15 is 0 Å². The number of hydrogen-bond donors (Lipinski definition) is 1. The van der Waals surface area contributed by atoms with Crippen LogP contribution >= 0.6 is 24.0 Å². The molecule has 0 aliphatic rings. The van der Waals surface area contributed by atoms with Crippen molar-refractivity contribution < 1.29 is 4.79 Å². The Hall–Kier alpha value is -2.43. The number of rotatable bonds is 5. The number of aromatic nitrogens is 2. The molecule has 0 aliphatic carbocycles. The zero-order valence-corrected chi connectivity index (χ0v) is 16.2. The number of fused-ring (bicyclic) bond motifs is 1. The maximum absolute atomic E-state index is 13.1. The normalized spacial score (nSPS) is 10.9. The first-order valence-electron chi connectivity index (χ1n) is 8.22. The van der Waals surface area contributed by atoms with E-state index in [9.17, 15) is 4.79 Å². The number of carbonyl (C=O) groups excluding carboxylic acids is 1. The third-order valence-corrected chi connectivity index (χ3v) is 4.92. The van der Waals surface area contributed by atoms with E-state index < -0.39 is 0 Å². The topological polar surface area (TPSA) is 69.9 Å². The molecule has 0 radical (unpaired) electrons. The van der Waals surface area contributed by atoms with Crippen LogP contribution in [0.25, 0.3) is 10.3 Å². The lowest BCUT2D eigenvalue weighted by Gasteiger charge is -2.24. The molecule has 0 saturated heterocycles. The van der Waals surface area contributed by atoms with Crippen molar-refractivity contribution in [3.05, 3.63) is 47.5 Å². The van der Waals surface area contributed by atoms with Gasteiger partial charge in [0.15, 0.2) is 0 Å². The molecule has 1 aromatic carbocycles. The van der Waals surface area contributed by atoms with Crippen LogP contribution in [0.5, 0.6) is 0 Å². The second-order valence-corrected chi connectivity index (χ2v) is 8.04. The first-order chi connectivity index (χ1) is 12.5. The van der Waals surface area contributed by atoms with Gasteiger partial charge >= 0.3 is 0 Å². The Labute approximate surface area is 161 Å². The van der Waals surface area contributed by atoms with Gasteiger partial charge in [-0.1, -0.05) is 37.3 Å². The van der Waals surface area contributed by atoms with Gasteiger partial charge in [-0.3, -0.25) is 9.69 Å². The van der Waals surface area contributed by atoms with Gasteiger partial charge in [-0.2, -0.15) is 5.26 Å². The third-order valence-electron chi connectivity index (χ3n) is 3.78. The Morgan fingerprint density at radius 3 is 2.62 bits per heavy atom. The van der Waals surface area contributed by atoms with Crippen LogP contribution in [0.4, 0.5) is 5.82 Å². The smallest absolute Gasteiger partial charge is 0.259 e. The Bertz CT molecular complexity index is 973. The molecule has 0 saturated carbocycles. The summed E-state index contributed by atoms with van der Waals surface area (Å²) in [7, 11) is 0. The molecule has 3 aromatic rings. The molecule has 3 rings (SSSR count). The summed E-state index contributed by atoms with van der Waals surface area (Å²) in [5.74, 6) is 0.787. The van der Waals surface area contributed by atoms with Crippen LogP contribution < -0.4 is 4.90 Å². The second kappa shape index (κ2) is 7.85. The molecular formula is C19H18N4OS2. The van der Waals surface area contributed by atoms with E-state index in [0.29, 0.717) is 28.7 Å². The van der Waals surface area contributed by atoms with E-state index in [1.165, 1.54) is 11.3 Å². The maximum atomic E-state index is 13.1. The van der Waals surface area contributed by atoms with Crippen LogP contribution in [-0.4, -0.2) is 22.4 Å². The highest BCUT2D eigenvalue weighted by Gasteiger charge is 2.21. The molecule has 0 spiro atoms. The number of pyridine rings is 1. The van der Waals surface area contributed by atoms with Gasteiger partial charge in [-0.05, 0) is 35.7 Å². The molecule has 132 valence electrons. The average Bonchev–Trinajstić information content (AvgIpc) is 2.99. The largest absolute Gasteiger partial charge is 0.292 e. The van der Waals surface area contributed by atoms with E-state index in [0.717, 1.165) is 15.9 Å². The van der Waals surface area contributed by atoms with Crippen LogP contribution in [0.3, 0.4) is 0 Å². The number of amides is 1. The van der Waals surface area contributed by atoms with E-state index in [1.54, 1.807) is 17.0 Å².